The summed E-state index contributed by atoms with van der Waals surface area (Å²) in [7, 11) is 0. The highest BCUT2D eigenvalue weighted by atomic mass is 35.5. The number of likely N-dealkylation sites (N-methyl/N-ethyl adjacent to an activating group) is 1. The smallest absolute Gasteiger partial charge is 0.246 e. The second-order valence-corrected chi connectivity index (χ2v) is 5.73. The maximum atomic E-state index is 12.5. The zero-order chi connectivity index (χ0) is 16.1. The van der Waals surface area contributed by atoms with Gasteiger partial charge in [-0.2, -0.15) is 0 Å². The molecule has 0 bridgehead atoms. The topological polar surface area (TPSA) is 32.3 Å². The number of halogens is 1. The lowest BCUT2D eigenvalue weighted by Crippen LogP contribution is -2.35. The van der Waals surface area contributed by atoms with E-state index in [4.69, 9.17) is 11.6 Å². The van der Waals surface area contributed by atoms with Gasteiger partial charge in [-0.25, -0.2) is 0 Å². The molecular weight excluding hydrogens is 296 g/mol. The van der Waals surface area contributed by atoms with Crippen LogP contribution in [0.4, 0.5) is 11.4 Å². The van der Waals surface area contributed by atoms with E-state index in [0.29, 0.717) is 11.6 Å². The maximum absolute atomic E-state index is 12.5. The minimum Gasteiger partial charge on any atom is -0.376 e. The van der Waals surface area contributed by atoms with Gasteiger partial charge in [-0.1, -0.05) is 29.8 Å². The maximum Gasteiger partial charge on any atom is 0.246 e. The van der Waals surface area contributed by atoms with Crippen molar-refractivity contribution in [1.29, 1.82) is 0 Å². The van der Waals surface area contributed by atoms with Gasteiger partial charge in [-0.05, 0) is 56.2 Å². The van der Waals surface area contributed by atoms with E-state index in [2.05, 4.69) is 5.32 Å². The molecule has 0 radical (unpaired) electrons. The molecule has 0 aliphatic heterocycles. The Morgan fingerprint density at radius 2 is 1.95 bits per heavy atom. The number of aryl methyl sites for hydroxylation is 2. The van der Waals surface area contributed by atoms with Crippen molar-refractivity contribution in [3.8, 4) is 0 Å². The zero-order valence-corrected chi connectivity index (χ0v) is 13.9. The Bertz CT molecular complexity index is 670. The van der Waals surface area contributed by atoms with Gasteiger partial charge in [0.2, 0.25) is 5.91 Å². The van der Waals surface area contributed by atoms with Crippen molar-refractivity contribution in [3.63, 3.8) is 0 Å². The van der Waals surface area contributed by atoms with Crippen LogP contribution in [0.5, 0.6) is 0 Å². The lowest BCUT2D eigenvalue weighted by molar-refractivity contribution is -0.116. The van der Waals surface area contributed by atoms with Crippen LogP contribution in [-0.4, -0.2) is 19.0 Å². The summed E-state index contributed by atoms with van der Waals surface area (Å²) >= 11 is 6.00. The first-order chi connectivity index (χ1) is 10.5. The molecule has 2 aromatic rings. The lowest BCUT2D eigenvalue weighted by atomic mass is 10.2. The minimum absolute atomic E-state index is 0.0347. The molecule has 0 aliphatic carbocycles. The lowest BCUT2D eigenvalue weighted by Gasteiger charge is -2.22. The van der Waals surface area contributed by atoms with Gasteiger partial charge >= 0.3 is 0 Å². The Morgan fingerprint density at radius 3 is 2.64 bits per heavy atom. The molecule has 3 nitrogen and oxygen atoms in total. The first-order valence-corrected chi connectivity index (χ1v) is 7.76. The van der Waals surface area contributed by atoms with Crippen LogP contribution in [0.25, 0.3) is 0 Å². The third-order valence-corrected chi connectivity index (χ3v) is 3.80. The van der Waals surface area contributed by atoms with E-state index < -0.39 is 0 Å². The molecule has 0 saturated heterocycles. The van der Waals surface area contributed by atoms with Crippen LogP contribution in [0.15, 0.2) is 42.5 Å². The highest BCUT2D eigenvalue weighted by Crippen LogP contribution is 2.20. The second kappa shape index (κ2) is 7.32. The molecule has 1 amide bonds. The van der Waals surface area contributed by atoms with Crippen molar-refractivity contribution in [2.45, 2.75) is 20.8 Å². The minimum atomic E-state index is 0.0347. The van der Waals surface area contributed by atoms with E-state index in [1.807, 2.05) is 63.2 Å². The first-order valence-electron chi connectivity index (χ1n) is 7.38. The number of hydrogen-bond donors (Lipinski definition) is 1. The van der Waals surface area contributed by atoms with Crippen LogP contribution in [-0.2, 0) is 4.79 Å². The fourth-order valence-corrected chi connectivity index (χ4v) is 2.52. The summed E-state index contributed by atoms with van der Waals surface area (Å²) in [6.07, 6.45) is 0. The number of nitrogens with one attached hydrogen (secondary N) is 1. The van der Waals surface area contributed by atoms with Gasteiger partial charge in [-0.15, -0.1) is 0 Å². The highest BCUT2D eigenvalue weighted by molar-refractivity contribution is 6.30. The van der Waals surface area contributed by atoms with Crippen molar-refractivity contribution >= 4 is 28.9 Å². The van der Waals surface area contributed by atoms with Crippen LogP contribution in [0, 0.1) is 13.8 Å². The molecular formula is C18H21ClN2O. The van der Waals surface area contributed by atoms with Gasteiger partial charge in [-0.3, -0.25) is 4.79 Å². The van der Waals surface area contributed by atoms with Crippen molar-refractivity contribution in [3.05, 3.63) is 58.6 Å². The Balaban J connectivity index is 2.08. The molecule has 0 saturated carbocycles. The summed E-state index contributed by atoms with van der Waals surface area (Å²) in [5, 5.41) is 3.84. The van der Waals surface area contributed by atoms with Crippen molar-refractivity contribution < 1.29 is 4.79 Å². The van der Waals surface area contributed by atoms with Gasteiger partial charge in [0.15, 0.2) is 0 Å². The molecule has 0 atom stereocenters. The SMILES string of the molecule is CCN(C(=O)CNc1cc(Cl)ccc1C)c1cccc(C)c1. The van der Waals surface area contributed by atoms with E-state index in [9.17, 15) is 4.79 Å². The van der Waals surface area contributed by atoms with E-state index in [1.165, 1.54) is 0 Å². The van der Waals surface area contributed by atoms with Gasteiger partial charge in [0.1, 0.15) is 0 Å². The van der Waals surface area contributed by atoms with E-state index in [1.54, 1.807) is 4.90 Å². The number of nitrogens with zero attached hydrogens (tertiary/aromatic N) is 1. The summed E-state index contributed by atoms with van der Waals surface area (Å²) in [6.45, 7) is 6.86. The van der Waals surface area contributed by atoms with Crippen molar-refractivity contribution in [2.24, 2.45) is 0 Å². The average Bonchev–Trinajstić information content (AvgIpc) is 2.49. The molecule has 22 heavy (non-hydrogen) atoms. The molecule has 1 N–H and O–H groups in total. The summed E-state index contributed by atoms with van der Waals surface area (Å²) in [6, 6.07) is 13.6. The van der Waals surface area contributed by atoms with E-state index in [0.717, 1.165) is 22.5 Å². The quantitative estimate of drug-likeness (QED) is 0.885. The van der Waals surface area contributed by atoms with E-state index >= 15 is 0 Å². The Kier molecular flexibility index (Phi) is 5.45. The number of carbonyl (C=O) groups excluding carboxylic acids is 1. The number of anilines is 2. The fourth-order valence-electron chi connectivity index (χ4n) is 2.35. The molecule has 0 aliphatic rings. The Hall–Kier alpha value is -2.00. The van der Waals surface area contributed by atoms with Crippen LogP contribution in [0.3, 0.4) is 0 Å². The molecule has 0 fully saturated rings. The largest absolute Gasteiger partial charge is 0.376 e. The van der Waals surface area contributed by atoms with Crippen LogP contribution in [0.1, 0.15) is 18.1 Å². The normalized spacial score (nSPS) is 10.4. The van der Waals surface area contributed by atoms with Crippen molar-refractivity contribution in [1.82, 2.24) is 0 Å². The highest BCUT2D eigenvalue weighted by Gasteiger charge is 2.14. The second-order valence-electron chi connectivity index (χ2n) is 5.29. The van der Waals surface area contributed by atoms with E-state index in [-0.39, 0.29) is 12.5 Å². The summed E-state index contributed by atoms with van der Waals surface area (Å²) < 4.78 is 0. The summed E-state index contributed by atoms with van der Waals surface area (Å²) in [4.78, 5) is 14.3. The summed E-state index contributed by atoms with van der Waals surface area (Å²) in [5.74, 6) is 0.0347. The fraction of sp³-hybridized carbons (Fsp3) is 0.278. The average molecular weight is 317 g/mol. The van der Waals surface area contributed by atoms with Gasteiger partial charge in [0, 0.05) is 22.9 Å². The van der Waals surface area contributed by atoms with Crippen LogP contribution >= 0.6 is 11.6 Å². The number of carbonyl (C=O) groups is 1. The third kappa shape index (κ3) is 4.01. The molecule has 116 valence electrons. The predicted octanol–water partition coefficient (Wildman–Crippen LogP) is 4.42. The van der Waals surface area contributed by atoms with Gasteiger partial charge < -0.3 is 10.2 Å². The molecule has 0 unspecified atom stereocenters. The number of hydrogen-bond acceptors (Lipinski definition) is 2. The van der Waals surface area contributed by atoms with Crippen LogP contribution in [0.2, 0.25) is 5.02 Å². The monoisotopic (exact) mass is 316 g/mol. The molecule has 2 rings (SSSR count). The zero-order valence-electron chi connectivity index (χ0n) is 13.2. The Morgan fingerprint density at radius 1 is 1.18 bits per heavy atom. The number of benzene rings is 2. The molecule has 0 aromatic heterocycles. The van der Waals surface area contributed by atoms with Crippen molar-refractivity contribution in [2.75, 3.05) is 23.3 Å². The molecule has 2 aromatic carbocycles. The first kappa shape index (κ1) is 16.4. The third-order valence-electron chi connectivity index (χ3n) is 3.56. The van der Waals surface area contributed by atoms with Gasteiger partial charge in [0.05, 0.1) is 6.54 Å². The molecule has 0 spiro atoms. The molecule has 0 heterocycles. The van der Waals surface area contributed by atoms with Gasteiger partial charge in [0.25, 0.3) is 0 Å². The number of rotatable bonds is 5. The summed E-state index contributed by atoms with van der Waals surface area (Å²) in [5.41, 5.74) is 4.02. The number of amides is 1. The van der Waals surface area contributed by atoms with Crippen LogP contribution < -0.4 is 10.2 Å². The Labute approximate surface area is 136 Å². The molecule has 4 heteroatoms. The predicted molar refractivity (Wildman–Crippen MR) is 93.9 cm³/mol. The standard InChI is InChI=1S/C18H21ClN2O/c1-4-21(16-7-5-6-13(2)10-16)18(22)12-20-17-11-15(19)9-8-14(17)3/h5-11,20H,4,12H2,1-3H3.